The molecule has 2 N–H and O–H groups in total. The van der Waals surface area contributed by atoms with Crippen LogP contribution in [0.15, 0.2) is 53.9 Å². The predicted molar refractivity (Wildman–Crippen MR) is 103 cm³/mol. The van der Waals surface area contributed by atoms with Gasteiger partial charge in [0, 0.05) is 29.7 Å². The zero-order valence-electron chi connectivity index (χ0n) is 14.4. The lowest BCUT2D eigenvalue weighted by molar-refractivity contribution is 0.102. The first kappa shape index (κ1) is 17.3. The molecule has 0 aliphatic carbocycles. The molecule has 0 aliphatic heterocycles. The average molecular weight is 351 g/mol. The van der Waals surface area contributed by atoms with Crippen LogP contribution in [0.2, 0.25) is 0 Å². The van der Waals surface area contributed by atoms with Crippen LogP contribution < -0.4 is 10.6 Å². The van der Waals surface area contributed by atoms with Gasteiger partial charge in [0.05, 0.1) is 10.7 Å². The Bertz CT molecular complexity index is 855. The molecule has 25 heavy (non-hydrogen) atoms. The molecule has 1 amide bonds. The topological polar surface area (TPSA) is 54.0 Å². The minimum Gasteiger partial charge on any atom is -0.322 e. The summed E-state index contributed by atoms with van der Waals surface area (Å²) in [6.07, 6.45) is 0. The minimum absolute atomic E-state index is 0.0944. The molecule has 3 aromatic rings. The van der Waals surface area contributed by atoms with Crippen molar-refractivity contribution in [2.45, 2.75) is 26.9 Å². The molecule has 128 valence electrons. The number of amides is 1. The molecule has 1 aromatic heterocycles. The van der Waals surface area contributed by atoms with E-state index in [0.717, 1.165) is 40.6 Å². The summed E-state index contributed by atoms with van der Waals surface area (Å²) in [7, 11) is 0. The van der Waals surface area contributed by atoms with Crippen LogP contribution in [0.25, 0.3) is 0 Å². The molecule has 0 radical (unpaired) electrons. The van der Waals surface area contributed by atoms with E-state index in [-0.39, 0.29) is 5.91 Å². The van der Waals surface area contributed by atoms with Crippen molar-refractivity contribution in [3.05, 3.63) is 81.3 Å². The van der Waals surface area contributed by atoms with Crippen LogP contribution in [0, 0.1) is 13.8 Å². The van der Waals surface area contributed by atoms with E-state index < -0.39 is 0 Å². The van der Waals surface area contributed by atoms with Gasteiger partial charge in [-0.05, 0) is 43.7 Å². The molecule has 0 saturated heterocycles. The van der Waals surface area contributed by atoms with E-state index in [4.69, 9.17) is 0 Å². The maximum atomic E-state index is 12.3. The normalized spacial score (nSPS) is 10.6. The molecule has 0 unspecified atom stereocenters. The zero-order chi connectivity index (χ0) is 17.6. The van der Waals surface area contributed by atoms with Crippen LogP contribution in [-0.2, 0) is 13.1 Å². The van der Waals surface area contributed by atoms with Crippen molar-refractivity contribution in [1.82, 2.24) is 10.3 Å². The summed E-state index contributed by atoms with van der Waals surface area (Å²) in [5, 5.41) is 9.48. The first-order valence-electron chi connectivity index (χ1n) is 8.19. The van der Waals surface area contributed by atoms with E-state index in [1.807, 2.05) is 62.4 Å². The molecule has 0 atom stereocenters. The minimum atomic E-state index is -0.0944. The molecule has 1 heterocycles. The van der Waals surface area contributed by atoms with Crippen LogP contribution in [-0.4, -0.2) is 10.9 Å². The van der Waals surface area contributed by atoms with E-state index in [9.17, 15) is 4.79 Å². The van der Waals surface area contributed by atoms with Crippen molar-refractivity contribution in [3.8, 4) is 0 Å². The summed E-state index contributed by atoms with van der Waals surface area (Å²) in [5.41, 5.74) is 4.78. The number of carbonyl (C=O) groups excluding carboxylic acids is 1. The lowest BCUT2D eigenvalue weighted by Crippen LogP contribution is -2.14. The summed E-state index contributed by atoms with van der Waals surface area (Å²) >= 11 is 1.66. The van der Waals surface area contributed by atoms with E-state index in [1.165, 1.54) is 0 Å². The highest BCUT2D eigenvalue weighted by Gasteiger charge is 2.06. The number of benzene rings is 2. The lowest BCUT2D eigenvalue weighted by Gasteiger charge is -2.08. The molecule has 3 rings (SSSR count). The molecule has 2 aromatic carbocycles. The summed E-state index contributed by atoms with van der Waals surface area (Å²) in [4.78, 5) is 16.7. The largest absolute Gasteiger partial charge is 0.322 e. The van der Waals surface area contributed by atoms with Crippen molar-refractivity contribution in [2.75, 3.05) is 5.32 Å². The first-order chi connectivity index (χ1) is 12.1. The number of hydrogen-bond acceptors (Lipinski definition) is 4. The van der Waals surface area contributed by atoms with Gasteiger partial charge < -0.3 is 10.6 Å². The van der Waals surface area contributed by atoms with Crippen molar-refractivity contribution in [2.24, 2.45) is 0 Å². The number of carbonyl (C=O) groups is 1. The van der Waals surface area contributed by atoms with Crippen molar-refractivity contribution >= 4 is 22.9 Å². The van der Waals surface area contributed by atoms with Crippen molar-refractivity contribution in [3.63, 3.8) is 0 Å². The van der Waals surface area contributed by atoms with Gasteiger partial charge in [-0.3, -0.25) is 4.79 Å². The molecular weight excluding hydrogens is 330 g/mol. The number of nitrogens with zero attached hydrogens (tertiary/aromatic N) is 1. The fraction of sp³-hybridized carbons (Fsp3) is 0.200. The third-order valence-corrected chi connectivity index (χ3v) is 4.62. The maximum Gasteiger partial charge on any atom is 0.255 e. The third-order valence-electron chi connectivity index (χ3n) is 3.80. The van der Waals surface area contributed by atoms with Gasteiger partial charge in [-0.1, -0.05) is 29.8 Å². The van der Waals surface area contributed by atoms with Gasteiger partial charge in [0.15, 0.2) is 0 Å². The predicted octanol–water partition coefficient (Wildman–Crippen LogP) is 4.30. The highest BCUT2D eigenvalue weighted by atomic mass is 32.1. The van der Waals surface area contributed by atoms with Gasteiger partial charge in [-0.15, -0.1) is 11.3 Å². The van der Waals surface area contributed by atoms with Crippen molar-refractivity contribution < 1.29 is 4.79 Å². The molecule has 0 bridgehead atoms. The van der Waals surface area contributed by atoms with E-state index in [1.54, 1.807) is 11.3 Å². The molecule has 0 aliphatic rings. The summed E-state index contributed by atoms with van der Waals surface area (Å²) in [6.45, 7) is 5.48. The van der Waals surface area contributed by atoms with Gasteiger partial charge in [0.2, 0.25) is 0 Å². The standard InChI is InChI=1S/C20H21N3OS/c1-14-6-8-17(9-7-14)20(24)23-18-5-3-4-16(10-18)11-21-12-19-13-25-15(2)22-19/h3-10,13,21H,11-12H2,1-2H3,(H,23,24). The fourth-order valence-electron chi connectivity index (χ4n) is 2.49. The Morgan fingerprint density at radius 1 is 1.08 bits per heavy atom. The molecule has 5 heteroatoms. The van der Waals surface area contributed by atoms with Crippen LogP contribution in [0.3, 0.4) is 0 Å². The Morgan fingerprint density at radius 2 is 1.88 bits per heavy atom. The molecule has 4 nitrogen and oxygen atoms in total. The van der Waals surface area contributed by atoms with Crippen LogP contribution in [0.1, 0.15) is 32.2 Å². The number of aryl methyl sites for hydroxylation is 2. The number of anilines is 1. The van der Waals surface area contributed by atoms with Gasteiger partial charge >= 0.3 is 0 Å². The van der Waals surface area contributed by atoms with E-state index >= 15 is 0 Å². The molecule has 0 saturated carbocycles. The number of nitrogens with one attached hydrogen (secondary N) is 2. The van der Waals surface area contributed by atoms with E-state index in [0.29, 0.717) is 5.56 Å². The van der Waals surface area contributed by atoms with Gasteiger partial charge in [0.1, 0.15) is 0 Å². The van der Waals surface area contributed by atoms with Gasteiger partial charge in [0.25, 0.3) is 5.91 Å². The summed E-state index contributed by atoms with van der Waals surface area (Å²) < 4.78 is 0. The Balaban J connectivity index is 1.57. The van der Waals surface area contributed by atoms with Crippen molar-refractivity contribution in [1.29, 1.82) is 0 Å². The SMILES string of the molecule is Cc1ccc(C(=O)Nc2cccc(CNCc3csc(C)n3)c2)cc1. The smallest absolute Gasteiger partial charge is 0.255 e. The third kappa shape index (κ3) is 4.98. The second-order valence-electron chi connectivity index (χ2n) is 5.98. The highest BCUT2D eigenvalue weighted by Crippen LogP contribution is 2.13. The van der Waals surface area contributed by atoms with Gasteiger partial charge in [-0.2, -0.15) is 0 Å². The Morgan fingerprint density at radius 3 is 2.60 bits per heavy atom. The van der Waals surface area contributed by atoms with E-state index in [2.05, 4.69) is 21.0 Å². The molecule has 0 fully saturated rings. The molecular formula is C20H21N3OS. The number of aromatic nitrogens is 1. The highest BCUT2D eigenvalue weighted by molar-refractivity contribution is 7.09. The second kappa shape index (κ2) is 8.05. The number of thiazole rings is 1. The maximum absolute atomic E-state index is 12.3. The van der Waals surface area contributed by atoms with Crippen LogP contribution in [0.4, 0.5) is 5.69 Å². The lowest BCUT2D eigenvalue weighted by atomic mass is 10.1. The first-order valence-corrected chi connectivity index (χ1v) is 9.07. The van der Waals surface area contributed by atoms with Crippen LogP contribution in [0.5, 0.6) is 0 Å². The number of hydrogen-bond donors (Lipinski definition) is 2. The quantitative estimate of drug-likeness (QED) is 0.696. The number of rotatable bonds is 6. The Labute approximate surface area is 151 Å². The summed E-state index contributed by atoms with van der Waals surface area (Å²) in [5.74, 6) is -0.0944. The Kier molecular flexibility index (Phi) is 5.58. The fourth-order valence-corrected chi connectivity index (χ4v) is 3.10. The van der Waals surface area contributed by atoms with Crippen LogP contribution >= 0.6 is 11.3 Å². The van der Waals surface area contributed by atoms with Gasteiger partial charge in [-0.25, -0.2) is 4.98 Å². The summed E-state index contributed by atoms with van der Waals surface area (Å²) in [6, 6.07) is 15.4. The monoisotopic (exact) mass is 351 g/mol. The molecule has 0 spiro atoms. The Hall–Kier alpha value is -2.50. The average Bonchev–Trinajstić information content (AvgIpc) is 3.01. The second-order valence-corrected chi connectivity index (χ2v) is 7.04. The zero-order valence-corrected chi connectivity index (χ0v) is 15.2.